The molecule has 4 aromatic rings. The van der Waals surface area contributed by atoms with Crippen LogP contribution < -0.4 is 10.1 Å². The lowest BCUT2D eigenvalue weighted by atomic mass is 10.2. The molecule has 2 heterocycles. The van der Waals surface area contributed by atoms with Gasteiger partial charge in [0.15, 0.2) is 0 Å². The number of hydrogen-bond donors (Lipinski definition) is 2. The van der Waals surface area contributed by atoms with E-state index in [0.717, 1.165) is 28.0 Å². The Kier molecular flexibility index (Phi) is 3.16. The predicted molar refractivity (Wildman–Crippen MR) is 85.7 cm³/mol. The molecule has 0 unspecified atom stereocenters. The number of imidazole rings is 1. The lowest BCUT2D eigenvalue weighted by molar-refractivity contribution is 0.415. The first-order valence-corrected chi connectivity index (χ1v) is 7.00. The zero-order valence-electron chi connectivity index (χ0n) is 12.3. The molecule has 0 spiro atoms. The van der Waals surface area contributed by atoms with Gasteiger partial charge in [0, 0.05) is 11.3 Å². The van der Waals surface area contributed by atoms with Crippen molar-refractivity contribution in [3.8, 4) is 17.2 Å². The van der Waals surface area contributed by atoms with E-state index in [2.05, 4.69) is 25.5 Å². The molecule has 4 rings (SSSR count). The van der Waals surface area contributed by atoms with Crippen molar-refractivity contribution in [3.05, 3.63) is 48.8 Å². The number of nitrogens with one attached hydrogen (secondary N) is 2. The summed E-state index contributed by atoms with van der Waals surface area (Å²) in [5, 5.41) is 11.1. The van der Waals surface area contributed by atoms with Crippen molar-refractivity contribution < 1.29 is 9.15 Å². The molecule has 0 saturated carbocycles. The highest BCUT2D eigenvalue weighted by atomic mass is 16.5. The fourth-order valence-electron chi connectivity index (χ4n) is 2.26. The fourth-order valence-corrected chi connectivity index (χ4v) is 2.26. The molecule has 0 saturated heterocycles. The van der Waals surface area contributed by atoms with E-state index >= 15 is 0 Å². The summed E-state index contributed by atoms with van der Waals surface area (Å²) in [6.07, 6.45) is 1.65. The second-order valence-electron chi connectivity index (χ2n) is 4.90. The highest BCUT2D eigenvalue weighted by Crippen LogP contribution is 2.25. The average molecular weight is 307 g/mol. The number of ether oxygens (including phenoxy) is 1. The van der Waals surface area contributed by atoms with Crippen molar-refractivity contribution in [2.75, 3.05) is 12.4 Å². The molecule has 0 radical (unpaired) electrons. The van der Waals surface area contributed by atoms with Crippen molar-refractivity contribution in [1.82, 2.24) is 20.2 Å². The van der Waals surface area contributed by atoms with Crippen LogP contribution in [0.25, 0.3) is 22.5 Å². The summed E-state index contributed by atoms with van der Waals surface area (Å²) in [6.45, 7) is 0. The number of methoxy groups -OCH3 is 1. The molecule has 0 fully saturated rings. The third kappa shape index (κ3) is 2.59. The molecule has 0 aliphatic carbocycles. The minimum absolute atomic E-state index is 0.329. The first-order chi connectivity index (χ1) is 11.3. The van der Waals surface area contributed by atoms with Gasteiger partial charge in [-0.1, -0.05) is 5.10 Å². The molecule has 114 valence electrons. The van der Waals surface area contributed by atoms with Crippen molar-refractivity contribution in [1.29, 1.82) is 0 Å². The van der Waals surface area contributed by atoms with Gasteiger partial charge in [-0.15, -0.1) is 5.10 Å². The number of rotatable bonds is 4. The molecule has 0 aliphatic heterocycles. The Hall–Kier alpha value is -3.35. The Morgan fingerprint density at radius 2 is 1.96 bits per heavy atom. The third-order valence-electron chi connectivity index (χ3n) is 3.43. The van der Waals surface area contributed by atoms with Crippen LogP contribution in [-0.2, 0) is 0 Å². The van der Waals surface area contributed by atoms with Gasteiger partial charge in [0.05, 0.1) is 24.5 Å². The summed E-state index contributed by atoms with van der Waals surface area (Å²) in [5.74, 6) is 1.23. The SMILES string of the molecule is COc1ccc(Nc2nnc(-c3ccc4nc[nH]c4c3)o2)cc1. The Labute approximate surface area is 131 Å². The Morgan fingerprint density at radius 1 is 1.09 bits per heavy atom. The van der Waals surface area contributed by atoms with Crippen LogP contribution in [0.4, 0.5) is 11.7 Å². The predicted octanol–water partition coefficient (Wildman–Crippen LogP) is 3.37. The van der Waals surface area contributed by atoms with Gasteiger partial charge in [-0.3, -0.25) is 0 Å². The van der Waals surface area contributed by atoms with Gasteiger partial charge in [-0.2, -0.15) is 0 Å². The van der Waals surface area contributed by atoms with Crippen LogP contribution in [0.1, 0.15) is 0 Å². The second kappa shape index (κ2) is 5.45. The van der Waals surface area contributed by atoms with Crippen LogP contribution in [0.3, 0.4) is 0 Å². The summed E-state index contributed by atoms with van der Waals surface area (Å²) in [7, 11) is 1.63. The summed E-state index contributed by atoms with van der Waals surface area (Å²) >= 11 is 0. The Bertz CT molecular complexity index is 942. The lowest BCUT2D eigenvalue weighted by Crippen LogP contribution is -1.90. The number of benzene rings is 2. The zero-order valence-corrected chi connectivity index (χ0v) is 12.3. The van der Waals surface area contributed by atoms with Crippen molar-refractivity contribution in [2.24, 2.45) is 0 Å². The van der Waals surface area contributed by atoms with Crippen molar-refractivity contribution >= 4 is 22.7 Å². The summed E-state index contributed by atoms with van der Waals surface area (Å²) in [5.41, 5.74) is 3.48. The standard InChI is InChI=1S/C16H13N5O2/c1-22-12-5-3-11(4-6-12)19-16-21-20-15(23-16)10-2-7-13-14(8-10)18-9-17-13/h2-9H,1H3,(H,17,18)(H,19,21). The number of hydrogen-bond acceptors (Lipinski definition) is 6. The number of anilines is 2. The van der Waals surface area contributed by atoms with E-state index < -0.39 is 0 Å². The van der Waals surface area contributed by atoms with Gasteiger partial charge in [-0.05, 0) is 42.5 Å². The van der Waals surface area contributed by atoms with Gasteiger partial charge < -0.3 is 19.5 Å². The number of aromatic nitrogens is 4. The maximum absolute atomic E-state index is 5.66. The second-order valence-corrected chi connectivity index (χ2v) is 4.90. The molecular formula is C16H13N5O2. The third-order valence-corrected chi connectivity index (χ3v) is 3.43. The Morgan fingerprint density at radius 3 is 2.78 bits per heavy atom. The highest BCUT2D eigenvalue weighted by molar-refractivity contribution is 5.79. The maximum atomic E-state index is 5.66. The normalized spacial score (nSPS) is 10.8. The lowest BCUT2D eigenvalue weighted by Gasteiger charge is -2.02. The molecule has 2 aromatic heterocycles. The molecule has 0 amide bonds. The van der Waals surface area contributed by atoms with E-state index in [0.29, 0.717) is 11.9 Å². The van der Waals surface area contributed by atoms with Crippen LogP contribution in [-0.4, -0.2) is 27.3 Å². The van der Waals surface area contributed by atoms with Crippen molar-refractivity contribution in [2.45, 2.75) is 0 Å². The Balaban J connectivity index is 1.57. The topological polar surface area (TPSA) is 88.9 Å². The maximum Gasteiger partial charge on any atom is 0.320 e. The smallest absolute Gasteiger partial charge is 0.320 e. The van der Waals surface area contributed by atoms with Crippen LogP contribution >= 0.6 is 0 Å². The van der Waals surface area contributed by atoms with E-state index in [1.165, 1.54) is 0 Å². The van der Waals surface area contributed by atoms with Gasteiger partial charge in [-0.25, -0.2) is 4.98 Å². The van der Waals surface area contributed by atoms with Gasteiger partial charge in [0.1, 0.15) is 5.75 Å². The number of nitrogens with zero attached hydrogens (tertiary/aromatic N) is 3. The van der Waals surface area contributed by atoms with Crippen LogP contribution in [0.15, 0.2) is 53.2 Å². The minimum atomic E-state index is 0.329. The summed E-state index contributed by atoms with van der Waals surface area (Å²) in [6, 6.07) is 13.5. The molecule has 7 heteroatoms. The minimum Gasteiger partial charge on any atom is -0.497 e. The number of fused-ring (bicyclic) bond motifs is 1. The monoisotopic (exact) mass is 307 g/mol. The summed E-state index contributed by atoms with van der Waals surface area (Å²) < 4.78 is 10.8. The van der Waals surface area contributed by atoms with E-state index in [-0.39, 0.29) is 0 Å². The van der Waals surface area contributed by atoms with Crippen LogP contribution in [0.2, 0.25) is 0 Å². The first-order valence-electron chi connectivity index (χ1n) is 7.00. The van der Waals surface area contributed by atoms with Crippen LogP contribution in [0.5, 0.6) is 5.75 Å². The van der Waals surface area contributed by atoms with Crippen LogP contribution in [0, 0.1) is 0 Å². The van der Waals surface area contributed by atoms with E-state index in [9.17, 15) is 0 Å². The van der Waals surface area contributed by atoms with E-state index in [4.69, 9.17) is 9.15 Å². The van der Waals surface area contributed by atoms with E-state index in [1.807, 2.05) is 42.5 Å². The van der Waals surface area contributed by atoms with E-state index in [1.54, 1.807) is 13.4 Å². The molecule has 23 heavy (non-hydrogen) atoms. The molecule has 2 aromatic carbocycles. The molecule has 0 aliphatic rings. The largest absolute Gasteiger partial charge is 0.497 e. The summed E-state index contributed by atoms with van der Waals surface area (Å²) in [4.78, 5) is 7.24. The first kappa shape index (κ1) is 13.3. The fraction of sp³-hybridized carbons (Fsp3) is 0.0625. The molecular weight excluding hydrogens is 294 g/mol. The molecule has 2 N–H and O–H groups in total. The van der Waals surface area contributed by atoms with Gasteiger partial charge in [0.2, 0.25) is 5.89 Å². The number of H-pyrrole nitrogens is 1. The van der Waals surface area contributed by atoms with Gasteiger partial charge >= 0.3 is 6.01 Å². The molecule has 7 nitrogen and oxygen atoms in total. The number of aromatic amines is 1. The molecule has 0 atom stereocenters. The highest BCUT2D eigenvalue weighted by Gasteiger charge is 2.10. The average Bonchev–Trinajstić information content (AvgIpc) is 3.23. The quantitative estimate of drug-likeness (QED) is 0.601. The molecule has 0 bridgehead atoms. The van der Waals surface area contributed by atoms with Gasteiger partial charge in [0.25, 0.3) is 0 Å². The van der Waals surface area contributed by atoms with Crippen molar-refractivity contribution in [3.63, 3.8) is 0 Å². The zero-order chi connectivity index (χ0) is 15.6.